The van der Waals surface area contributed by atoms with Crippen LogP contribution in [0.5, 0.6) is 0 Å². The summed E-state index contributed by atoms with van der Waals surface area (Å²) in [6, 6.07) is 14.4. The summed E-state index contributed by atoms with van der Waals surface area (Å²) in [5, 5.41) is 7.58. The van der Waals surface area contributed by atoms with E-state index in [4.69, 9.17) is 23.2 Å². The van der Waals surface area contributed by atoms with Crippen molar-refractivity contribution in [2.45, 2.75) is 24.9 Å². The number of anilines is 2. The standard InChI is InChI=1S/C29H21Cl2FN4O3/c1-13-8-15(30)10-18-25(13)34-28(39)29(18)24-23(22(35-29)9-14-12-33-21-5-3-2-4-17(14)21)26(37)36(27(24)38)16-6-7-20(32)19(31)11-16/h2-8,10-12,22-24,33,35H,9H2,1H3,(H,34,39)/t22-,23-,24+,29+/m1/s1. The molecule has 0 bridgehead atoms. The number of aromatic nitrogens is 1. The summed E-state index contributed by atoms with van der Waals surface area (Å²) >= 11 is 12.5. The lowest BCUT2D eigenvalue weighted by Gasteiger charge is -2.29. The predicted octanol–water partition coefficient (Wildman–Crippen LogP) is 5.09. The first kappa shape index (κ1) is 24.3. The van der Waals surface area contributed by atoms with Gasteiger partial charge in [0.05, 0.1) is 22.5 Å². The highest BCUT2D eigenvalue weighted by molar-refractivity contribution is 6.32. The van der Waals surface area contributed by atoms with Crippen LogP contribution in [0, 0.1) is 24.6 Å². The number of halogens is 3. The maximum absolute atomic E-state index is 14.1. The molecule has 2 saturated heterocycles. The molecule has 3 aliphatic heterocycles. The van der Waals surface area contributed by atoms with E-state index in [-0.39, 0.29) is 10.7 Å². The van der Waals surface area contributed by atoms with Gasteiger partial charge in [-0.15, -0.1) is 0 Å². The smallest absolute Gasteiger partial charge is 0.250 e. The average Bonchev–Trinajstić information content (AvgIpc) is 3.61. The van der Waals surface area contributed by atoms with Gasteiger partial charge >= 0.3 is 0 Å². The van der Waals surface area contributed by atoms with Crippen molar-refractivity contribution < 1.29 is 18.8 Å². The zero-order valence-electron chi connectivity index (χ0n) is 20.5. The molecule has 0 radical (unpaired) electrons. The van der Waals surface area contributed by atoms with Crippen LogP contribution in [-0.2, 0) is 26.3 Å². The van der Waals surface area contributed by atoms with Gasteiger partial charge in [0.1, 0.15) is 11.4 Å². The van der Waals surface area contributed by atoms with Crippen molar-refractivity contribution in [1.82, 2.24) is 10.3 Å². The van der Waals surface area contributed by atoms with Crippen LogP contribution in [0.15, 0.2) is 60.8 Å². The zero-order valence-corrected chi connectivity index (χ0v) is 22.0. The molecule has 3 amide bonds. The van der Waals surface area contributed by atoms with Gasteiger partial charge in [-0.05, 0) is 60.9 Å². The van der Waals surface area contributed by atoms with Gasteiger partial charge in [0, 0.05) is 39.4 Å². The number of hydrogen-bond donors (Lipinski definition) is 3. The minimum atomic E-state index is -1.52. The number of H-pyrrole nitrogens is 1. The Kier molecular flexibility index (Phi) is 5.23. The van der Waals surface area contributed by atoms with Crippen molar-refractivity contribution in [3.8, 4) is 0 Å². The number of nitrogens with zero attached hydrogens (tertiary/aromatic N) is 1. The van der Waals surface area contributed by atoms with Crippen molar-refractivity contribution in [2.24, 2.45) is 11.8 Å². The maximum atomic E-state index is 14.1. The molecule has 0 aliphatic carbocycles. The summed E-state index contributed by atoms with van der Waals surface area (Å²) in [5.41, 5.74) is 2.40. The summed E-state index contributed by atoms with van der Waals surface area (Å²) < 4.78 is 13.9. The Hall–Kier alpha value is -3.72. The largest absolute Gasteiger partial charge is 0.361 e. The van der Waals surface area contributed by atoms with Crippen molar-refractivity contribution in [3.63, 3.8) is 0 Å². The van der Waals surface area contributed by atoms with Crippen LogP contribution in [0.3, 0.4) is 0 Å². The Morgan fingerprint density at radius 3 is 2.62 bits per heavy atom. The molecule has 1 aromatic heterocycles. The van der Waals surface area contributed by atoms with Crippen LogP contribution in [0.1, 0.15) is 16.7 Å². The molecule has 196 valence electrons. The van der Waals surface area contributed by atoms with E-state index in [1.807, 2.05) is 37.4 Å². The SMILES string of the molecule is Cc1cc(Cl)cc2c1NC(=O)[C@]21N[C@H](Cc2c[nH]c3ccccc23)[C@H]2C(=O)N(c3ccc(F)c(Cl)c3)C(=O)[C@H]21. The van der Waals surface area contributed by atoms with E-state index in [9.17, 15) is 18.8 Å². The van der Waals surface area contributed by atoms with Gasteiger partial charge in [-0.1, -0.05) is 41.4 Å². The fraction of sp³-hybridized carbons (Fsp3) is 0.207. The third kappa shape index (κ3) is 3.28. The minimum absolute atomic E-state index is 0.160. The number of carbonyl (C=O) groups is 3. The molecule has 4 aromatic rings. The van der Waals surface area contributed by atoms with Crippen molar-refractivity contribution >= 4 is 63.2 Å². The van der Waals surface area contributed by atoms with Gasteiger partial charge in [-0.3, -0.25) is 19.7 Å². The van der Waals surface area contributed by atoms with E-state index in [0.717, 1.165) is 33.0 Å². The number of benzene rings is 3. The van der Waals surface area contributed by atoms with E-state index >= 15 is 0 Å². The molecule has 4 heterocycles. The molecule has 39 heavy (non-hydrogen) atoms. The maximum Gasteiger partial charge on any atom is 0.250 e. The third-order valence-electron chi connectivity index (χ3n) is 8.26. The normalized spacial score (nSPS) is 25.6. The topological polar surface area (TPSA) is 94.3 Å². The Morgan fingerprint density at radius 1 is 1.03 bits per heavy atom. The molecule has 3 N–H and O–H groups in total. The van der Waals surface area contributed by atoms with Crippen LogP contribution in [0.4, 0.5) is 15.8 Å². The third-order valence-corrected chi connectivity index (χ3v) is 8.77. The number of fused-ring (bicyclic) bond motifs is 5. The second kappa shape index (κ2) is 8.39. The minimum Gasteiger partial charge on any atom is -0.361 e. The van der Waals surface area contributed by atoms with E-state index in [1.165, 1.54) is 12.1 Å². The summed E-state index contributed by atoms with van der Waals surface area (Å²) in [5.74, 6) is -4.03. The van der Waals surface area contributed by atoms with Crippen LogP contribution >= 0.6 is 23.2 Å². The Bertz CT molecular complexity index is 1750. The Labute approximate surface area is 232 Å². The fourth-order valence-corrected chi connectivity index (χ4v) is 7.07. The van der Waals surface area contributed by atoms with Gasteiger partial charge in [-0.25, -0.2) is 9.29 Å². The lowest BCUT2D eigenvalue weighted by molar-refractivity contribution is -0.130. The molecule has 2 fully saturated rings. The molecule has 7 rings (SSSR count). The zero-order chi connectivity index (χ0) is 27.2. The number of rotatable bonds is 3. The lowest BCUT2D eigenvalue weighted by atomic mass is 9.76. The van der Waals surface area contributed by atoms with E-state index in [2.05, 4.69) is 15.6 Å². The van der Waals surface area contributed by atoms with Crippen LogP contribution < -0.4 is 15.5 Å². The van der Waals surface area contributed by atoms with Gasteiger partial charge in [0.15, 0.2) is 0 Å². The summed E-state index contributed by atoms with van der Waals surface area (Å²) in [6.45, 7) is 1.83. The molecule has 3 aromatic carbocycles. The fourth-order valence-electron chi connectivity index (χ4n) is 6.62. The molecule has 1 spiro atoms. The summed E-state index contributed by atoms with van der Waals surface area (Å²) in [4.78, 5) is 46.3. The summed E-state index contributed by atoms with van der Waals surface area (Å²) in [7, 11) is 0. The number of carbonyl (C=O) groups excluding carboxylic acids is 3. The molecule has 3 aliphatic rings. The van der Waals surface area contributed by atoms with Crippen molar-refractivity contribution in [1.29, 1.82) is 0 Å². The number of nitrogens with one attached hydrogen (secondary N) is 3. The van der Waals surface area contributed by atoms with Gasteiger partial charge in [-0.2, -0.15) is 0 Å². The molecule has 4 atom stereocenters. The first-order valence-corrected chi connectivity index (χ1v) is 13.2. The van der Waals surface area contributed by atoms with Crippen LogP contribution in [0.2, 0.25) is 10.0 Å². The number of aromatic amines is 1. The summed E-state index contributed by atoms with van der Waals surface area (Å²) in [6.07, 6.45) is 2.26. The van der Waals surface area contributed by atoms with E-state index in [0.29, 0.717) is 22.7 Å². The van der Waals surface area contributed by atoms with E-state index < -0.39 is 47.0 Å². The highest BCUT2D eigenvalue weighted by atomic mass is 35.5. The average molecular weight is 563 g/mol. The van der Waals surface area contributed by atoms with Crippen LogP contribution in [-0.4, -0.2) is 28.7 Å². The highest BCUT2D eigenvalue weighted by Crippen LogP contribution is 2.55. The number of imide groups is 1. The highest BCUT2D eigenvalue weighted by Gasteiger charge is 2.70. The Morgan fingerprint density at radius 2 is 1.82 bits per heavy atom. The lowest BCUT2D eigenvalue weighted by Crippen LogP contribution is -2.53. The molecule has 10 heteroatoms. The van der Waals surface area contributed by atoms with E-state index in [1.54, 1.807) is 12.1 Å². The van der Waals surface area contributed by atoms with Gasteiger partial charge in [0.2, 0.25) is 17.7 Å². The quantitative estimate of drug-likeness (QED) is 0.303. The second-order valence-corrected chi connectivity index (χ2v) is 11.2. The molecule has 0 unspecified atom stereocenters. The monoisotopic (exact) mass is 562 g/mol. The Balaban J connectivity index is 1.40. The van der Waals surface area contributed by atoms with Crippen LogP contribution in [0.25, 0.3) is 10.9 Å². The van der Waals surface area contributed by atoms with Crippen molar-refractivity contribution in [3.05, 3.63) is 93.3 Å². The predicted molar refractivity (Wildman–Crippen MR) is 146 cm³/mol. The van der Waals surface area contributed by atoms with Gasteiger partial charge in [0.25, 0.3) is 0 Å². The van der Waals surface area contributed by atoms with Crippen molar-refractivity contribution in [2.75, 3.05) is 10.2 Å². The second-order valence-electron chi connectivity index (χ2n) is 10.3. The molecular formula is C29H21Cl2FN4O3. The number of aryl methyl sites for hydroxylation is 1. The molecule has 7 nitrogen and oxygen atoms in total. The number of hydrogen-bond acceptors (Lipinski definition) is 4. The first-order valence-electron chi connectivity index (χ1n) is 12.5. The van der Waals surface area contributed by atoms with Gasteiger partial charge < -0.3 is 10.3 Å². The molecular weight excluding hydrogens is 542 g/mol. The number of para-hydroxylation sites is 1. The number of amides is 3. The molecule has 0 saturated carbocycles. The first-order chi connectivity index (χ1) is 18.7.